The summed E-state index contributed by atoms with van der Waals surface area (Å²) in [6, 6.07) is 7.83. The average molecular weight is 403 g/mol. The van der Waals surface area contributed by atoms with Crippen molar-refractivity contribution in [3.63, 3.8) is 0 Å². The van der Waals surface area contributed by atoms with Crippen LogP contribution in [0.25, 0.3) is 0 Å². The molecule has 0 bridgehead atoms. The topological polar surface area (TPSA) is 63.1 Å². The van der Waals surface area contributed by atoms with E-state index in [0.717, 1.165) is 74.6 Å². The number of halogens is 1. The zero-order chi connectivity index (χ0) is 19.5. The number of benzene rings is 1. The number of aliphatic hydroxyl groups is 2. The second-order valence-corrected chi connectivity index (χ2v) is 7.99. The summed E-state index contributed by atoms with van der Waals surface area (Å²) < 4.78 is 0. The van der Waals surface area contributed by atoms with E-state index in [0.29, 0.717) is 5.02 Å². The van der Waals surface area contributed by atoms with Gasteiger partial charge in [0.15, 0.2) is 6.23 Å². The quantitative estimate of drug-likeness (QED) is 0.796. The largest absolute Gasteiger partial charge is 0.395 e. The zero-order valence-corrected chi connectivity index (χ0v) is 16.7. The molecule has 3 heterocycles. The molecule has 4 rings (SSSR count). The molecule has 7 heteroatoms. The Morgan fingerprint density at radius 3 is 2.61 bits per heavy atom. The Hall–Kier alpha value is -1.70. The molecule has 2 aliphatic rings. The number of nitrogens with zero attached hydrogens (tertiary/aromatic N) is 4. The van der Waals surface area contributed by atoms with Crippen LogP contribution < -0.4 is 4.90 Å². The molecular formula is C21H27ClN4O2. The van der Waals surface area contributed by atoms with Gasteiger partial charge >= 0.3 is 0 Å². The fourth-order valence-corrected chi connectivity index (χ4v) is 4.33. The molecule has 0 saturated carbocycles. The van der Waals surface area contributed by atoms with E-state index in [1.165, 1.54) is 0 Å². The number of hydrogen-bond donors (Lipinski definition) is 2. The van der Waals surface area contributed by atoms with Crippen LogP contribution in [0.2, 0.25) is 5.02 Å². The van der Waals surface area contributed by atoms with Gasteiger partial charge in [-0.2, -0.15) is 0 Å². The Kier molecular flexibility index (Phi) is 6.13. The van der Waals surface area contributed by atoms with Crippen LogP contribution in [0.15, 0.2) is 36.7 Å². The minimum atomic E-state index is -0.680. The summed E-state index contributed by atoms with van der Waals surface area (Å²) in [4.78, 5) is 11.1. The fraction of sp³-hybridized carbons (Fsp3) is 0.476. The van der Waals surface area contributed by atoms with Crippen molar-refractivity contribution in [2.24, 2.45) is 0 Å². The SMILES string of the molecule is OCCN1CCN(Cc2cncc(N3CCc4cc(Cl)ccc4C3O)c2)CC1. The number of β-amino-alcohol motifs (C(OH)–C–C–N with tert-alkyl or cyclic N) is 1. The molecule has 1 fully saturated rings. The number of aliphatic hydroxyl groups excluding tert-OH is 2. The lowest BCUT2D eigenvalue weighted by molar-refractivity contribution is 0.108. The van der Waals surface area contributed by atoms with Gasteiger partial charge in [0.25, 0.3) is 0 Å². The lowest BCUT2D eigenvalue weighted by atomic mass is 9.97. The Morgan fingerprint density at radius 2 is 1.82 bits per heavy atom. The van der Waals surface area contributed by atoms with Crippen LogP contribution in [0.5, 0.6) is 0 Å². The maximum absolute atomic E-state index is 10.9. The first kappa shape index (κ1) is 19.6. The van der Waals surface area contributed by atoms with Crippen LogP contribution in [0.3, 0.4) is 0 Å². The summed E-state index contributed by atoms with van der Waals surface area (Å²) in [5.74, 6) is 0. The van der Waals surface area contributed by atoms with E-state index in [1.54, 1.807) is 0 Å². The smallest absolute Gasteiger partial charge is 0.153 e. The number of rotatable bonds is 5. The molecule has 0 radical (unpaired) electrons. The summed E-state index contributed by atoms with van der Waals surface area (Å²) >= 11 is 6.09. The van der Waals surface area contributed by atoms with Crippen LogP contribution >= 0.6 is 11.6 Å². The number of aromatic nitrogens is 1. The van der Waals surface area contributed by atoms with Gasteiger partial charge in [-0.05, 0) is 35.7 Å². The first-order valence-corrected chi connectivity index (χ1v) is 10.2. The van der Waals surface area contributed by atoms with Crippen LogP contribution in [0, 0.1) is 0 Å². The van der Waals surface area contributed by atoms with Gasteiger partial charge in [-0.3, -0.25) is 14.8 Å². The van der Waals surface area contributed by atoms with Crippen LogP contribution in [0.1, 0.15) is 22.9 Å². The number of fused-ring (bicyclic) bond motifs is 1. The number of piperazine rings is 1. The molecule has 0 aliphatic carbocycles. The van der Waals surface area contributed by atoms with Crippen molar-refractivity contribution in [3.8, 4) is 0 Å². The molecule has 2 N–H and O–H groups in total. The number of pyridine rings is 1. The van der Waals surface area contributed by atoms with Gasteiger partial charge in [0.05, 0.1) is 18.5 Å². The second kappa shape index (κ2) is 8.76. The first-order valence-electron chi connectivity index (χ1n) is 9.86. The van der Waals surface area contributed by atoms with E-state index in [4.69, 9.17) is 16.7 Å². The van der Waals surface area contributed by atoms with Gasteiger partial charge in [0.1, 0.15) is 0 Å². The van der Waals surface area contributed by atoms with Crippen molar-refractivity contribution < 1.29 is 10.2 Å². The average Bonchev–Trinajstić information content (AvgIpc) is 2.70. The lowest BCUT2D eigenvalue weighted by Crippen LogP contribution is -2.46. The third kappa shape index (κ3) is 4.31. The molecule has 1 saturated heterocycles. The van der Waals surface area contributed by atoms with Crippen molar-refractivity contribution in [1.82, 2.24) is 14.8 Å². The van der Waals surface area contributed by atoms with Crippen LogP contribution in [-0.4, -0.2) is 70.9 Å². The molecule has 2 aromatic rings. The molecule has 1 aromatic carbocycles. The van der Waals surface area contributed by atoms with E-state index in [9.17, 15) is 5.11 Å². The van der Waals surface area contributed by atoms with Crippen molar-refractivity contribution in [1.29, 1.82) is 0 Å². The highest BCUT2D eigenvalue weighted by molar-refractivity contribution is 6.30. The Morgan fingerprint density at radius 1 is 1.04 bits per heavy atom. The minimum absolute atomic E-state index is 0.222. The van der Waals surface area contributed by atoms with Crippen molar-refractivity contribution in [2.45, 2.75) is 19.2 Å². The summed E-state index contributed by atoms with van der Waals surface area (Å²) in [5, 5.41) is 20.7. The van der Waals surface area contributed by atoms with Crippen LogP contribution in [0.4, 0.5) is 5.69 Å². The molecule has 1 aromatic heterocycles. The van der Waals surface area contributed by atoms with E-state index in [2.05, 4.69) is 20.9 Å². The van der Waals surface area contributed by atoms with Gasteiger partial charge in [0, 0.05) is 62.6 Å². The second-order valence-electron chi connectivity index (χ2n) is 7.55. The van der Waals surface area contributed by atoms with Gasteiger partial charge in [0.2, 0.25) is 0 Å². The predicted octanol–water partition coefficient (Wildman–Crippen LogP) is 1.90. The summed E-state index contributed by atoms with van der Waals surface area (Å²) in [6.07, 6.45) is 3.91. The molecule has 6 nitrogen and oxygen atoms in total. The highest BCUT2D eigenvalue weighted by atomic mass is 35.5. The molecule has 28 heavy (non-hydrogen) atoms. The normalized spacial score (nSPS) is 21.0. The lowest BCUT2D eigenvalue weighted by Gasteiger charge is -2.36. The maximum atomic E-state index is 10.9. The number of hydrogen-bond acceptors (Lipinski definition) is 6. The zero-order valence-electron chi connectivity index (χ0n) is 16.0. The van der Waals surface area contributed by atoms with E-state index in [-0.39, 0.29) is 6.61 Å². The molecule has 1 unspecified atom stereocenters. The maximum Gasteiger partial charge on any atom is 0.153 e. The molecule has 0 spiro atoms. The first-order chi connectivity index (χ1) is 13.6. The predicted molar refractivity (Wildman–Crippen MR) is 111 cm³/mol. The van der Waals surface area contributed by atoms with Crippen LogP contribution in [-0.2, 0) is 13.0 Å². The van der Waals surface area contributed by atoms with Crippen molar-refractivity contribution in [2.75, 3.05) is 50.8 Å². The molecule has 150 valence electrons. The fourth-order valence-electron chi connectivity index (χ4n) is 4.13. The standard InChI is InChI=1S/C21H27ClN4O2/c22-18-1-2-20-17(12-18)3-4-26(21(20)28)19-11-16(13-23-14-19)15-25-7-5-24(6-8-25)9-10-27/h1-2,11-14,21,27-28H,3-10,15H2. The van der Waals surface area contributed by atoms with E-state index in [1.807, 2.05) is 35.5 Å². The Bertz CT molecular complexity index is 811. The van der Waals surface area contributed by atoms with Gasteiger partial charge in [-0.1, -0.05) is 17.7 Å². The highest BCUT2D eigenvalue weighted by Gasteiger charge is 2.26. The number of anilines is 1. The van der Waals surface area contributed by atoms with E-state index < -0.39 is 6.23 Å². The Balaban J connectivity index is 1.43. The molecule has 0 amide bonds. The minimum Gasteiger partial charge on any atom is -0.395 e. The van der Waals surface area contributed by atoms with Gasteiger partial charge < -0.3 is 15.1 Å². The Labute approximate surface area is 171 Å². The highest BCUT2D eigenvalue weighted by Crippen LogP contribution is 2.33. The van der Waals surface area contributed by atoms with Gasteiger partial charge in [-0.25, -0.2) is 0 Å². The van der Waals surface area contributed by atoms with E-state index >= 15 is 0 Å². The summed E-state index contributed by atoms with van der Waals surface area (Å²) in [7, 11) is 0. The third-order valence-electron chi connectivity index (χ3n) is 5.70. The van der Waals surface area contributed by atoms with Crippen molar-refractivity contribution in [3.05, 3.63) is 58.4 Å². The molecular weight excluding hydrogens is 376 g/mol. The summed E-state index contributed by atoms with van der Waals surface area (Å²) in [5.41, 5.74) is 4.13. The molecule has 1 atom stereocenters. The van der Waals surface area contributed by atoms with Gasteiger partial charge in [-0.15, -0.1) is 0 Å². The third-order valence-corrected chi connectivity index (χ3v) is 5.93. The summed E-state index contributed by atoms with van der Waals surface area (Å²) in [6.45, 7) is 6.51. The van der Waals surface area contributed by atoms with Crippen molar-refractivity contribution >= 4 is 17.3 Å². The molecule has 2 aliphatic heterocycles. The monoisotopic (exact) mass is 402 g/mol.